The lowest BCUT2D eigenvalue weighted by Gasteiger charge is -2.22. The Hall–Kier alpha value is -2.43. The number of carbonyl (C=O) groups is 1. The van der Waals surface area contributed by atoms with Crippen molar-refractivity contribution in [3.05, 3.63) is 59.7 Å². The lowest BCUT2D eigenvalue weighted by molar-refractivity contribution is 0.0986. The van der Waals surface area contributed by atoms with Crippen molar-refractivity contribution in [1.29, 1.82) is 0 Å². The van der Waals surface area contributed by atoms with Gasteiger partial charge < -0.3 is 10.6 Å². The highest BCUT2D eigenvalue weighted by Crippen LogP contribution is 2.21. The van der Waals surface area contributed by atoms with Crippen molar-refractivity contribution in [3.8, 4) is 0 Å². The van der Waals surface area contributed by atoms with Gasteiger partial charge >= 0.3 is 0 Å². The molecule has 0 fully saturated rings. The number of hydrogen-bond acceptors (Lipinski definition) is 2. The predicted octanol–water partition coefficient (Wildman–Crippen LogP) is 3.60. The maximum Gasteiger partial charge on any atom is 0.258 e. The number of halogens is 2. The van der Waals surface area contributed by atoms with Crippen molar-refractivity contribution in [2.75, 3.05) is 17.2 Å². The summed E-state index contributed by atoms with van der Waals surface area (Å²) in [7, 11) is 0. The fourth-order valence-corrected chi connectivity index (χ4v) is 2.10. The Kier molecular flexibility index (Phi) is 4.52. The highest BCUT2D eigenvalue weighted by atomic mass is 19.1. The molecule has 0 aromatic heterocycles. The van der Waals surface area contributed by atoms with E-state index < -0.39 is 17.5 Å². The van der Waals surface area contributed by atoms with Crippen LogP contribution in [0.4, 0.5) is 20.2 Å². The molecule has 0 heterocycles. The zero-order valence-electron chi connectivity index (χ0n) is 11.6. The summed E-state index contributed by atoms with van der Waals surface area (Å²) in [5, 5.41) is 0. The van der Waals surface area contributed by atoms with Crippen molar-refractivity contribution < 1.29 is 13.6 Å². The first-order chi connectivity index (χ1) is 10.0. The van der Waals surface area contributed by atoms with Gasteiger partial charge in [-0.3, -0.25) is 4.79 Å². The fraction of sp³-hybridized carbons (Fsp3) is 0.188. The molecule has 2 N–H and O–H groups in total. The monoisotopic (exact) mass is 290 g/mol. The highest BCUT2D eigenvalue weighted by Gasteiger charge is 2.18. The fourth-order valence-electron chi connectivity index (χ4n) is 2.10. The van der Waals surface area contributed by atoms with E-state index in [1.165, 1.54) is 4.90 Å². The number of carbonyl (C=O) groups excluding carboxylic acids is 1. The van der Waals surface area contributed by atoms with Crippen LogP contribution in [0.5, 0.6) is 0 Å². The standard InChI is InChI=1S/C16H16F2N2O/c1-2-6-20(15-5-3-4-14(19)10-15)16(21)11-7-12(17)9-13(18)8-11/h3-5,7-10H,2,6,19H2,1H3. The van der Waals surface area contributed by atoms with Crippen LogP contribution in [0.15, 0.2) is 42.5 Å². The molecule has 21 heavy (non-hydrogen) atoms. The average Bonchev–Trinajstić information content (AvgIpc) is 2.43. The Morgan fingerprint density at radius 2 is 1.81 bits per heavy atom. The molecule has 110 valence electrons. The summed E-state index contributed by atoms with van der Waals surface area (Å²) >= 11 is 0. The molecular weight excluding hydrogens is 274 g/mol. The molecule has 0 saturated heterocycles. The van der Waals surface area contributed by atoms with Crippen molar-refractivity contribution in [1.82, 2.24) is 0 Å². The van der Waals surface area contributed by atoms with Crippen LogP contribution in [0.2, 0.25) is 0 Å². The Labute approximate surface area is 122 Å². The van der Waals surface area contributed by atoms with Crippen LogP contribution in [-0.4, -0.2) is 12.5 Å². The van der Waals surface area contributed by atoms with Gasteiger partial charge in [-0.15, -0.1) is 0 Å². The van der Waals surface area contributed by atoms with Crippen molar-refractivity contribution in [3.63, 3.8) is 0 Å². The largest absolute Gasteiger partial charge is 0.399 e. The zero-order chi connectivity index (χ0) is 15.4. The van der Waals surface area contributed by atoms with Gasteiger partial charge in [0.25, 0.3) is 5.91 Å². The van der Waals surface area contributed by atoms with Crippen molar-refractivity contribution >= 4 is 17.3 Å². The summed E-state index contributed by atoms with van der Waals surface area (Å²) < 4.78 is 26.5. The number of nitrogen functional groups attached to an aromatic ring is 1. The molecule has 0 saturated carbocycles. The van der Waals surface area contributed by atoms with Gasteiger partial charge in [0.2, 0.25) is 0 Å². The van der Waals surface area contributed by atoms with E-state index in [9.17, 15) is 13.6 Å². The summed E-state index contributed by atoms with van der Waals surface area (Å²) in [6.45, 7) is 2.35. The lowest BCUT2D eigenvalue weighted by Crippen LogP contribution is -2.31. The molecular formula is C16H16F2N2O. The van der Waals surface area contributed by atoms with Crippen molar-refractivity contribution in [2.24, 2.45) is 0 Å². The number of nitrogens with two attached hydrogens (primary N) is 1. The molecule has 0 unspecified atom stereocenters. The highest BCUT2D eigenvalue weighted by molar-refractivity contribution is 6.06. The van der Waals surface area contributed by atoms with E-state index in [0.717, 1.165) is 18.2 Å². The quantitative estimate of drug-likeness (QED) is 0.874. The first-order valence-corrected chi connectivity index (χ1v) is 6.64. The van der Waals surface area contributed by atoms with Crippen molar-refractivity contribution in [2.45, 2.75) is 13.3 Å². The molecule has 5 heteroatoms. The van der Waals surface area contributed by atoms with Crippen LogP contribution in [0.25, 0.3) is 0 Å². The minimum absolute atomic E-state index is 0.0247. The second-order valence-corrected chi connectivity index (χ2v) is 4.71. The van der Waals surface area contributed by atoms with Gasteiger partial charge in [-0.05, 0) is 36.8 Å². The lowest BCUT2D eigenvalue weighted by atomic mass is 10.1. The Morgan fingerprint density at radius 3 is 2.38 bits per heavy atom. The van der Waals surface area contributed by atoms with E-state index in [1.54, 1.807) is 24.3 Å². The second-order valence-electron chi connectivity index (χ2n) is 4.71. The van der Waals surface area contributed by atoms with Crippen LogP contribution in [0, 0.1) is 11.6 Å². The van der Waals surface area contributed by atoms with Gasteiger partial charge in [-0.25, -0.2) is 8.78 Å². The molecule has 0 radical (unpaired) electrons. The second kappa shape index (κ2) is 6.35. The van der Waals surface area contributed by atoms with Gasteiger partial charge in [0.05, 0.1) is 0 Å². The third kappa shape index (κ3) is 3.56. The van der Waals surface area contributed by atoms with Gasteiger partial charge in [-0.2, -0.15) is 0 Å². The zero-order valence-corrected chi connectivity index (χ0v) is 11.6. The molecule has 2 aromatic carbocycles. The van der Waals surface area contributed by atoms with Crippen LogP contribution in [0.3, 0.4) is 0 Å². The van der Waals surface area contributed by atoms with E-state index in [4.69, 9.17) is 5.73 Å². The van der Waals surface area contributed by atoms with Gasteiger partial charge in [-0.1, -0.05) is 13.0 Å². The number of anilines is 2. The number of nitrogens with zero attached hydrogens (tertiary/aromatic N) is 1. The molecule has 1 amide bonds. The number of benzene rings is 2. The molecule has 2 rings (SSSR count). The van der Waals surface area contributed by atoms with Gasteiger partial charge in [0.15, 0.2) is 0 Å². The normalized spacial score (nSPS) is 10.4. The Morgan fingerprint density at radius 1 is 1.14 bits per heavy atom. The topological polar surface area (TPSA) is 46.3 Å². The average molecular weight is 290 g/mol. The SMILES string of the molecule is CCCN(C(=O)c1cc(F)cc(F)c1)c1cccc(N)c1. The first-order valence-electron chi connectivity index (χ1n) is 6.64. The molecule has 0 aliphatic carbocycles. The molecule has 0 spiro atoms. The van der Waals surface area contributed by atoms with E-state index in [1.807, 2.05) is 6.92 Å². The molecule has 0 atom stereocenters. The van der Waals surface area contributed by atoms with E-state index >= 15 is 0 Å². The molecule has 0 aliphatic heterocycles. The first kappa shape index (κ1) is 15.0. The van der Waals surface area contributed by atoms with Gasteiger partial charge in [0, 0.05) is 29.5 Å². The maximum atomic E-state index is 13.3. The summed E-state index contributed by atoms with van der Waals surface area (Å²) in [5.41, 5.74) is 6.82. The van der Waals surface area contributed by atoms with E-state index in [-0.39, 0.29) is 5.56 Å². The van der Waals surface area contributed by atoms with Crippen LogP contribution in [0.1, 0.15) is 23.7 Å². The molecule has 2 aromatic rings. The number of hydrogen-bond donors (Lipinski definition) is 1. The Bertz CT molecular complexity index is 638. The van der Waals surface area contributed by atoms with Crippen LogP contribution in [-0.2, 0) is 0 Å². The van der Waals surface area contributed by atoms with Crippen LogP contribution < -0.4 is 10.6 Å². The minimum atomic E-state index is -0.776. The Balaban J connectivity index is 2.39. The van der Waals surface area contributed by atoms with Gasteiger partial charge in [0.1, 0.15) is 11.6 Å². The van der Waals surface area contributed by atoms with E-state index in [2.05, 4.69) is 0 Å². The summed E-state index contributed by atoms with van der Waals surface area (Å²) in [4.78, 5) is 14.0. The summed E-state index contributed by atoms with van der Waals surface area (Å²) in [5.74, 6) is -2.01. The third-order valence-electron chi connectivity index (χ3n) is 2.98. The maximum absolute atomic E-state index is 13.3. The predicted molar refractivity (Wildman–Crippen MR) is 79.2 cm³/mol. The number of rotatable bonds is 4. The molecule has 3 nitrogen and oxygen atoms in total. The smallest absolute Gasteiger partial charge is 0.258 e. The molecule has 0 bridgehead atoms. The number of amides is 1. The minimum Gasteiger partial charge on any atom is -0.399 e. The molecule has 0 aliphatic rings. The van der Waals surface area contributed by atoms with E-state index in [0.29, 0.717) is 24.3 Å². The van der Waals surface area contributed by atoms with Crippen LogP contribution >= 0.6 is 0 Å². The summed E-state index contributed by atoms with van der Waals surface area (Å²) in [6, 6.07) is 9.62. The third-order valence-corrected chi connectivity index (χ3v) is 2.98. The summed E-state index contributed by atoms with van der Waals surface area (Å²) in [6.07, 6.45) is 0.707.